The molecular weight excluding hydrogens is 308 g/mol. The molecule has 0 fully saturated rings. The third-order valence-corrected chi connectivity index (χ3v) is 3.50. The first-order valence-electron chi connectivity index (χ1n) is 7.84. The second-order valence-electron chi connectivity index (χ2n) is 5.99. The van der Waals surface area contributed by atoms with Gasteiger partial charge in [0.25, 0.3) is 11.8 Å². The van der Waals surface area contributed by atoms with Gasteiger partial charge < -0.3 is 15.2 Å². The van der Waals surface area contributed by atoms with Crippen LogP contribution in [0.3, 0.4) is 0 Å². The number of rotatable bonds is 6. The highest BCUT2D eigenvalue weighted by Crippen LogP contribution is 2.17. The molecule has 0 unspecified atom stereocenters. The van der Waals surface area contributed by atoms with Crippen LogP contribution in [0.15, 0.2) is 28.8 Å². The maximum absolute atomic E-state index is 12.4. The maximum Gasteiger partial charge on any atom is 0.257 e. The number of nitrogens with one attached hydrogen (secondary N) is 2. The number of aromatic nitrogens is 2. The molecule has 1 atom stereocenters. The van der Waals surface area contributed by atoms with Crippen LogP contribution in [-0.2, 0) is 4.79 Å². The molecule has 24 heavy (non-hydrogen) atoms. The van der Waals surface area contributed by atoms with Crippen LogP contribution < -0.4 is 10.6 Å². The Balaban J connectivity index is 2.09. The van der Waals surface area contributed by atoms with Crippen molar-refractivity contribution < 1.29 is 14.1 Å². The van der Waals surface area contributed by atoms with E-state index < -0.39 is 6.04 Å². The zero-order valence-corrected chi connectivity index (χ0v) is 14.3. The predicted octanol–water partition coefficient (Wildman–Crippen LogP) is 1.94. The van der Waals surface area contributed by atoms with E-state index >= 15 is 0 Å². The second-order valence-corrected chi connectivity index (χ2v) is 5.99. The lowest BCUT2D eigenvalue weighted by atomic mass is 10.0. The average molecular weight is 330 g/mol. The zero-order valence-electron chi connectivity index (χ0n) is 14.3. The molecule has 2 N–H and O–H groups in total. The van der Waals surface area contributed by atoms with E-state index in [1.54, 1.807) is 38.2 Å². The lowest BCUT2D eigenvalue weighted by molar-refractivity contribution is -0.122. The highest BCUT2D eigenvalue weighted by atomic mass is 16.5. The number of aryl methyl sites for hydroxylation is 1. The maximum atomic E-state index is 12.4. The number of amides is 2. The van der Waals surface area contributed by atoms with Crippen LogP contribution in [0, 0.1) is 12.8 Å². The number of carbonyl (C=O) groups is 2. The third kappa shape index (κ3) is 4.41. The summed E-state index contributed by atoms with van der Waals surface area (Å²) in [4.78, 5) is 28.4. The van der Waals surface area contributed by atoms with Crippen LogP contribution >= 0.6 is 0 Å². The number of likely N-dealkylation sites (N-methyl/N-ethyl adjacent to an activating group) is 1. The van der Waals surface area contributed by atoms with Gasteiger partial charge in [-0.1, -0.05) is 19.0 Å². The summed E-state index contributed by atoms with van der Waals surface area (Å²) in [6.07, 6.45) is 0.574. The van der Waals surface area contributed by atoms with Crippen molar-refractivity contribution in [1.29, 1.82) is 0 Å². The van der Waals surface area contributed by atoms with Gasteiger partial charge in [-0.05, 0) is 43.5 Å². The van der Waals surface area contributed by atoms with Crippen LogP contribution in [0.4, 0.5) is 0 Å². The molecular formula is C17H22N4O3. The molecule has 128 valence electrons. The molecule has 0 spiro atoms. The molecule has 2 aromatic rings. The van der Waals surface area contributed by atoms with E-state index in [1.807, 2.05) is 13.8 Å². The Morgan fingerprint density at radius 1 is 1.21 bits per heavy atom. The van der Waals surface area contributed by atoms with Gasteiger partial charge in [0.15, 0.2) is 5.82 Å². The molecule has 7 nitrogen and oxygen atoms in total. The van der Waals surface area contributed by atoms with Crippen molar-refractivity contribution >= 4 is 11.8 Å². The van der Waals surface area contributed by atoms with E-state index in [-0.39, 0.29) is 17.7 Å². The van der Waals surface area contributed by atoms with Gasteiger partial charge >= 0.3 is 0 Å². The first-order valence-corrected chi connectivity index (χ1v) is 7.84. The minimum absolute atomic E-state index is 0.199. The largest absolute Gasteiger partial charge is 0.357 e. The first kappa shape index (κ1) is 17.7. The summed E-state index contributed by atoms with van der Waals surface area (Å²) >= 11 is 0. The summed E-state index contributed by atoms with van der Waals surface area (Å²) in [5, 5.41) is 9.09. The van der Waals surface area contributed by atoms with Gasteiger partial charge in [-0.2, -0.15) is 4.98 Å². The molecule has 7 heteroatoms. The SMILES string of the molecule is CNC(=O)[C@H](CC(C)C)NC(=O)c1ccc(-c2nc(C)no2)cc1. The molecule has 2 rings (SSSR count). The van der Waals surface area contributed by atoms with Crippen molar-refractivity contribution in [3.05, 3.63) is 35.7 Å². The van der Waals surface area contributed by atoms with Gasteiger partial charge in [0.05, 0.1) is 0 Å². The van der Waals surface area contributed by atoms with Crippen LogP contribution in [0.1, 0.15) is 36.5 Å². The van der Waals surface area contributed by atoms with Gasteiger partial charge in [-0.25, -0.2) is 0 Å². The Bertz CT molecular complexity index is 707. The summed E-state index contributed by atoms with van der Waals surface area (Å²) in [5.74, 6) is 0.750. The smallest absolute Gasteiger partial charge is 0.257 e. The fraction of sp³-hybridized carbons (Fsp3) is 0.412. The molecule has 0 aliphatic heterocycles. The molecule has 0 radical (unpaired) electrons. The van der Waals surface area contributed by atoms with Crippen molar-refractivity contribution in [2.45, 2.75) is 33.2 Å². The van der Waals surface area contributed by atoms with E-state index in [9.17, 15) is 9.59 Å². The normalized spacial score (nSPS) is 12.0. The molecule has 1 heterocycles. The Morgan fingerprint density at radius 2 is 1.88 bits per heavy atom. The predicted molar refractivity (Wildman–Crippen MR) is 89.2 cm³/mol. The average Bonchev–Trinajstić information content (AvgIpc) is 2.99. The minimum atomic E-state index is -0.555. The van der Waals surface area contributed by atoms with E-state index in [1.165, 1.54) is 0 Å². The fourth-order valence-corrected chi connectivity index (χ4v) is 2.30. The van der Waals surface area contributed by atoms with Crippen molar-refractivity contribution in [2.75, 3.05) is 7.05 Å². The molecule has 0 aliphatic carbocycles. The van der Waals surface area contributed by atoms with Crippen molar-refractivity contribution in [2.24, 2.45) is 5.92 Å². The van der Waals surface area contributed by atoms with E-state index in [0.717, 1.165) is 5.56 Å². The third-order valence-electron chi connectivity index (χ3n) is 3.50. The highest BCUT2D eigenvalue weighted by molar-refractivity contribution is 5.97. The summed E-state index contributed by atoms with van der Waals surface area (Å²) in [6, 6.07) is 6.25. The van der Waals surface area contributed by atoms with Gasteiger partial charge in [0.2, 0.25) is 5.91 Å². The Kier molecular flexibility index (Phi) is 5.68. The molecule has 0 saturated carbocycles. The first-order chi connectivity index (χ1) is 11.4. The van der Waals surface area contributed by atoms with E-state index in [4.69, 9.17) is 4.52 Å². The summed E-state index contributed by atoms with van der Waals surface area (Å²) in [5.41, 5.74) is 1.20. The van der Waals surface area contributed by atoms with Gasteiger partial charge in [-0.15, -0.1) is 0 Å². The number of hydrogen-bond acceptors (Lipinski definition) is 5. The lowest BCUT2D eigenvalue weighted by Gasteiger charge is -2.19. The van der Waals surface area contributed by atoms with Gasteiger partial charge in [0.1, 0.15) is 6.04 Å². The standard InChI is InChI=1S/C17H22N4O3/c1-10(2)9-14(16(23)18-4)20-15(22)12-5-7-13(8-6-12)17-19-11(3)21-24-17/h5-8,10,14H,9H2,1-4H3,(H,18,23)(H,20,22)/t14-/m0/s1. The van der Waals surface area contributed by atoms with Crippen LogP contribution in [-0.4, -0.2) is 35.0 Å². The highest BCUT2D eigenvalue weighted by Gasteiger charge is 2.21. The molecule has 0 aliphatic rings. The number of hydrogen-bond donors (Lipinski definition) is 2. The molecule has 0 bridgehead atoms. The number of carbonyl (C=O) groups excluding carboxylic acids is 2. The quantitative estimate of drug-likeness (QED) is 0.843. The molecule has 2 amide bonds. The molecule has 1 aromatic carbocycles. The minimum Gasteiger partial charge on any atom is -0.357 e. The van der Waals surface area contributed by atoms with Crippen LogP contribution in [0.2, 0.25) is 0 Å². The monoisotopic (exact) mass is 330 g/mol. The Hall–Kier alpha value is -2.70. The Labute approximate surface area is 140 Å². The number of benzene rings is 1. The van der Waals surface area contributed by atoms with Crippen molar-refractivity contribution in [3.63, 3.8) is 0 Å². The summed E-state index contributed by atoms with van der Waals surface area (Å²) in [7, 11) is 1.56. The van der Waals surface area contributed by atoms with E-state index in [0.29, 0.717) is 23.7 Å². The van der Waals surface area contributed by atoms with Gasteiger partial charge in [0, 0.05) is 18.2 Å². The number of nitrogens with zero attached hydrogens (tertiary/aromatic N) is 2. The van der Waals surface area contributed by atoms with Crippen LogP contribution in [0.5, 0.6) is 0 Å². The van der Waals surface area contributed by atoms with Crippen molar-refractivity contribution in [3.8, 4) is 11.5 Å². The van der Waals surface area contributed by atoms with Crippen molar-refractivity contribution in [1.82, 2.24) is 20.8 Å². The Morgan fingerprint density at radius 3 is 2.38 bits per heavy atom. The topological polar surface area (TPSA) is 97.1 Å². The summed E-state index contributed by atoms with van der Waals surface area (Å²) < 4.78 is 5.09. The zero-order chi connectivity index (χ0) is 17.7. The van der Waals surface area contributed by atoms with Gasteiger partial charge in [-0.3, -0.25) is 9.59 Å². The summed E-state index contributed by atoms with van der Waals surface area (Å²) in [6.45, 7) is 5.75. The second kappa shape index (κ2) is 7.72. The molecule has 1 aromatic heterocycles. The van der Waals surface area contributed by atoms with Crippen LogP contribution in [0.25, 0.3) is 11.5 Å². The molecule has 0 saturated heterocycles. The lowest BCUT2D eigenvalue weighted by Crippen LogP contribution is -2.46. The fourth-order valence-electron chi connectivity index (χ4n) is 2.30. The van der Waals surface area contributed by atoms with E-state index in [2.05, 4.69) is 20.8 Å².